The molecule has 1 aromatic heterocycles. The zero-order chi connectivity index (χ0) is 23.5. The number of esters is 1. The van der Waals surface area contributed by atoms with Gasteiger partial charge in [0.05, 0.1) is 12.7 Å². The van der Waals surface area contributed by atoms with E-state index in [4.69, 9.17) is 9.47 Å². The van der Waals surface area contributed by atoms with E-state index in [2.05, 4.69) is 4.98 Å². The Morgan fingerprint density at radius 3 is 2.39 bits per heavy atom. The number of methoxy groups -OCH3 is 1. The van der Waals surface area contributed by atoms with Gasteiger partial charge in [-0.2, -0.15) is 0 Å². The Kier molecular flexibility index (Phi) is 9.00. The third kappa shape index (κ3) is 7.17. The Labute approximate surface area is 195 Å². The summed E-state index contributed by atoms with van der Waals surface area (Å²) >= 11 is 0. The highest BCUT2D eigenvalue weighted by Gasteiger charge is 2.13. The first-order valence-corrected chi connectivity index (χ1v) is 11.2. The van der Waals surface area contributed by atoms with Gasteiger partial charge in [-0.25, -0.2) is 4.79 Å². The van der Waals surface area contributed by atoms with Crippen molar-refractivity contribution in [1.82, 2.24) is 9.88 Å². The monoisotopic (exact) mass is 446 g/mol. The van der Waals surface area contributed by atoms with Crippen LogP contribution < -0.4 is 4.74 Å². The quantitative estimate of drug-likeness (QED) is 0.407. The molecule has 0 N–H and O–H groups in total. The Hall–Kier alpha value is -3.67. The molecule has 172 valence electrons. The van der Waals surface area contributed by atoms with Gasteiger partial charge < -0.3 is 14.4 Å². The van der Waals surface area contributed by atoms with E-state index in [0.717, 1.165) is 23.2 Å². The molecule has 6 nitrogen and oxygen atoms in total. The van der Waals surface area contributed by atoms with Crippen LogP contribution in [0.1, 0.15) is 40.5 Å². The number of benzene rings is 2. The van der Waals surface area contributed by atoms with E-state index in [0.29, 0.717) is 37.2 Å². The van der Waals surface area contributed by atoms with Crippen LogP contribution in [0.4, 0.5) is 0 Å². The molecule has 3 aromatic rings. The van der Waals surface area contributed by atoms with Gasteiger partial charge in [0.2, 0.25) is 5.91 Å². The molecule has 0 aliphatic rings. The molecule has 0 saturated carbocycles. The van der Waals surface area contributed by atoms with Crippen LogP contribution in [0.5, 0.6) is 5.75 Å². The summed E-state index contributed by atoms with van der Waals surface area (Å²) in [7, 11) is 1.36. The number of aromatic nitrogens is 1. The standard InChI is InChI=1S/C27H30N2O4/c1-3-29(19-17-23-9-6-7-18-28-23)26(30)16-13-21-11-14-24(15-12-21)33-20-22-8-4-5-10-25(22)27(31)32-2/h4-12,14-15,18H,3,13,16-17,19-20H2,1-2H3. The SMILES string of the molecule is CCN(CCc1ccccn1)C(=O)CCc1ccc(OCc2ccccc2C(=O)OC)cc1. The van der Waals surface area contributed by atoms with Gasteiger partial charge in [-0.15, -0.1) is 0 Å². The van der Waals surface area contributed by atoms with Crippen LogP contribution in [0, 0.1) is 0 Å². The molecule has 1 amide bonds. The highest BCUT2D eigenvalue weighted by atomic mass is 16.5. The second-order valence-electron chi connectivity index (χ2n) is 7.63. The van der Waals surface area contributed by atoms with Crippen LogP contribution in [0.3, 0.4) is 0 Å². The van der Waals surface area contributed by atoms with E-state index >= 15 is 0 Å². The van der Waals surface area contributed by atoms with E-state index in [9.17, 15) is 9.59 Å². The van der Waals surface area contributed by atoms with Crippen LogP contribution in [0.15, 0.2) is 72.9 Å². The highest BCUT2D eigenvalue weighted by molar-refractivity contribution is 5.90. The summed E-state index contributed by atoms with van der Waals surface area (Å²) in [6.45, 7) is 3.63. The van der Waals surface area contributed by atoms with E-state index < -0.39 is 0 Å². The summed E-state index contributed by atoms with van der Waals surface area (Å²) in [5.41, 5.74) is 3.34. The summed E-state index contributed by atoms with van der Waals surface area (Å²) in [4.78, 5) is 30.7. The summed E-state index contributed by atoms with van der Waals surface area (Å²) in [6, 6.07) is 20.8. The van der Waals surface area contributed by atoms with Crippen LogP contribution in [0.25, 0.3) is 0 Å². The lowest BCUT2D eigenvalue weighted by atomic mass is 10.1. The fourth-order valence-electron chi connectivity index (χ4n) is 3.53. The number of ether oxygens (including phenoxy) is 2. The third-order valence-electron chi connectivity index (χ3n) is 5.47. The maximum absolute atomic E-state index is 12.6. The highest BCUT2D eigenvalue weighted by Crippen LogP contribution is 2.18. The summed E-state index contributed by atoms with van der Waals surface area (Å²) in [6.07, 6.45) is 3.66. The van der Waals surface area contributed by atoms with Gasteiger partial charge in [0.15, 0.2) is 0 Å². The number of hydrogen-bond donors (Lipinski definition) is 0. The van der Waals surface area contributed by atoms with Crippen LogP contribution in [0.2, 0.25) is 0 Å². The van der Waals surface area contributed by atoms with Crippen molar-refractivity contribution in [2.75, 3.05) is 20.2 Å². The first-order valence-electron chi connectivity index (χ1n) is 11.2. The maximum Gasteiger partial charge on any atom is 0.338 e. The normalized spacial score (nSPS) is 10.5. The largest absolute Gasteiger partial charge is 0.489 e. The van der Waals surface area contributed by atoms with Crippen molar-refractivity contribution in [2.24, 2.45) is 0 Å². The molecule has 0 unspecified atom stereocenters. The number of likely N-dealkylation sites (N-methyl/N-ethyl adjacent to an activating group) is 1. The molecule has 0 saturated heterocycles. The number of rotatable bonds is 11. The molecule has 33 heavy (non-hydrogen) atoms. The lowest BCUT2D eigenvalue weighted by molar-refractivity contribution is -0.130. The Morgan fingerprint density at radius 2 is 1.70 bits per heavy atom. The van der Waals surface area contributed by atoms with Gasteiger partial charge in [-0.3, -0.25) is 9.78 Å². The smallest absolute Gasteiger partial charge is 0.338 e. The molecule has 0 radical (unpaired) electrons. The lowest BCUT2D eigenvalue weighted by Crippen LogP contribution is -2.33. The molecule has 0 aliphatic heterocycles. The number of hydrogen-bond acceptors (Lipinski definition) is 5. The second-order valence-corrected chi connectivity index (χ2v) is 7.63. The number of carbonyl (C=O) groups excluding carboxylic acids is 2. The van der Waals surface area contributed by atoms with Crippen LogP contribution in [-0.4, -0.2) is 42.0 Å². The molecule has 0 bridgehead atoms. The van der Waals surface area contributed by atoms with Crippen molar-refractivity contribution in [2.45, 2.75) is 32.8 Å². The van der Waals surface area contributed by atoms with E-state index in [-0.39, 0.29) is 18.5 Å². The zero-order valence-electron chi connectivity index (χ0n) is 19.2. The van der Waals surface area contributed by atoms with Crippen molar-refractivity contribution in [1.29, 1.82) is 0 Å². The molecule has 0 aliphatic carbocycles. The molecule has 0 fully saturated rings. The molecule has 0 atom stereocenters. The number of carbonyl (C=O) groups is 2. The maximum atomic E-state index is 12.6. The zero-order valence-corrected chi connectivity index (χ0v) is 19.2. The Bertz CT molecular complexity index is 1040. The average Bonchev–Trinajstić information content (AvgIpc) is 2.87. The summed E-state index contributed by atoms with van der Waals surface area (Å²) < 4.78 is 10.7. The van der Waals surface area contributed by atoms with Gasteiger partial charge in [0, 0.05) is 43.4 Å². The molecular formula is C27H30N2O4. The fraction of sp³-hybridized carbons (Fsp3) is 0.296. The number of amides is 1. The first kappa shape index (κ1) is 24.0. The van der Waals surface area contributed by atoms with Gasteiger partial charge in [0.25, 0.3) is 0 Å². The Morgan fingerprint density at radius 1 is 0.939 bits per heavy atom. The molecule has 6 heteroatoms. The van der Waals surface area contributed by atoms with E-state index in [1.807, 2.05) is 66.4 Å². The van der Waals surface area contributed by atoms with E-state index in [1.165, 1.54) is 7.11 Å². The predicted molar refractivity (Wildman–Crippen MR) is 127 cm³/mol. The van der Waals surface area contributed by atoms with Gasteiger partial charge in [0.1, 0.15) is 12.4 Å². The van der Waals surface area contributed by atoms with Gasteiger partial charge in [-0.05, 0) is 49.2 Å². The molecular weight excluding hydrogens is 416 g/mol. The fourth-order valence-corrected chi connectivity index (χ4v) is 3.53. The van der Waals surface area contributed by atoms with E-state index in [1.54, 1.807) is 18.3 Å². The Balaban J connectivity index is 1.48. The number of pyridine rings is 1. The summed E-state index contributed by atoms with van der Waals surface area (Å²) in [5.74, 6) is 0.471. The minimum absolute atomic E-state index is 0.146. The molecule has 0 spiro atoms. The lowest BCUT2D eigenvalue weighted by Gasteiger charge is -2.20. The van der Waals surface area contributed by atoms with Crippen molar-refractivity contribution in [3.63, 3.8) is 0 Å². The topological polar surface area (TPSA) is 68.7 Å². The molecule has 3 rings (SSSR count). The minimum atomic E-state index is -0.379. The predicted octanol–water partition coefficient (Wildman–Crippen LogP) is 4.47. The van der Waals surface area contributed by atoms with Gasteiger partial charge >= 0.3 is 5.97 Å². The third-order valence-corrected chi connectivity index (χ3v) is 5.47. The van der Waals surface area contributed by atoms with Crippen molar-refractivity contribution < 1.29 is 19.1 Å². The van der Waals surface area contributed by atoms with Crippen LogP contribution >= 0.6 is 0 Å². The number of aryl methyl sites for hydroxylation is 1. The average molecular weight is 447 g/mol. The van der Waals surface area contributed by atoms with Crippen molar-refractivity contribution in [3.8, 4) is 5.75 Å². The molecule has 1 heterocycles. The van der Waals surface area contributed by atoms with Gasteiger partial charge in [-0.1, -0.05) is 36.4 Å². The van der Waals surface area contributed by atoms with Crippen molar-refractivity contribution >= 4 is 11.9 Å². The molecule has 2 aromatic carbocycles. The van der Waals surface area contributed by atoms with Crippen LogP contribution in [-0.2, 0) is 29.0 Å². The second kappa shape index (κ2) is 12.4. The van der Waals surface area contributed by atoms with Crippen molar-refractivity contribution in [3.05, 3.63) is 95.3 Å². The number of nitrogens with zero attached hydrogens (tertiary/aromatic N) is 2. The summed E-state index contributed by atoms with van der Waals surface area (Å²) in [5, 5.41) is 0. The first-order chi connectivity index (χ1) is 16.1. The minimum Gasteiger partial charge on any atom is -0.489 e.